The van der Waals surface area contributed by atoms with Crippen molar-refractivity contribution < 1.29 is 22.8 Å². The lowest BCUT2D eigenvalue weighted by atomic mass is 9.94. The van der Waals surface area contributed by atoms with E-state index < -0.39 is 23.5 Å². The summed E-state index contributed by atoms with van der Waals surface area (Å²) in [6.07, 6.45) is 3.23. The molecule has 1 aromatic heterocycles. The minimum absolute atomic E-state index is 0.0608. The minimum atomic E-state index is -0.685. The van der Waals surface area contributed by atoms with Gasteiger partial charge in [0.2, 0.25) is 11.9 Å². The van der Waals surface area contributed by atoms with Gasteiger partial charge in [-0.1, -0.05) is 12.8 Å². The summed E-state index contributed by atoms with van der Waals surface area (Å²) in [5.41, 5.74) is 0.442. The first-order valence-electron chi connectivity index (χ1n) is 10.6. The van der Waals surface area contributed by atoms with Crippen molar-refractivity contribution in [3.8, 4) is 11.8 Å². The van der Waals surface area contributed by atoms with Crippen molar-refractivity contribution in [3.63, 3.8) is 0 Å². The van der Waals surface area contributed by atoms with Crippen LogP contribution in [0.2, 0.25) is 0 Å². The zero-order valence-electron chi connectivity index (χ0n) is 17.7. The molecule has 0 radical (unpaired) electrons. The number of piperidine rings is 1. The summed E-state index contributed by atoms with van der Waals surface area (Å²) in [5.74, 6) is 3.44. The van der Waals surface area contributed by atoms with Crippen molar-refractivity contribution in [1.29, 1.82) is 0 Å². The lowest BCUT2D eigenvalue weighted by Crippen LogP contribution is -2.42. The summed E-state index contributed by atoms with van der Waals surface area (Å²) in [6.45, 7) is 3.19. The molecule has 2 aromatic rings. The van der Waals surface area contributed by atoms with E-state index in [-0.39, 0.29) is 17.5 Å². The van der Waals surface area contributed by atoms with Gasteiger partial charge < -0.3 is 4.90 Å². The Hall–Kier alpha value is -3.12. The third kappa shape index (κ3) is 4.70. The van der Waals surface area contributed by atoms with E-state index in [1.165, 1.54) is 17.2 Å². The molecular weight excluding hydrogens is 421 g/mol. The standard InChI is InChI=1S/C23H23F3N4O2/c1-2-3-4-20-19(26)14-27-23(28-20)29-8-5-15(6-9-29)22(31)30-21(7-10-32-30)16-11-17(24)13-18(25)12-16/h11-15,21H,2,5-10H2,1H3/t21-/m0/s1. The van der Waals surface area contributed by atoms with E-state index in [2.05, 4.69) is 21.8 Å². The Balaban J connectivity index is 1.42. The van der Waals surface area contributed by atoms with Gasteiger partial charge in [0.15, 0.2) is 11.5 Å². The zero-order chi connectivity index (χ0) is 22.7. The molecule has 0 aliphatic carbocycles. The molecule has 32 heavy (non-hydrogen) atoms. The van der Waals surface area contributed by atoms with Crippen LogP contribution in [0, 0.1) is 35.2 Å². The summed E-state index contributed by atoms with van der Waals surface area (Å²) in [6, 6.07) is 2.75. The van der Waals surface area contributed by atoms with Gasteiger partial charge in [-0.05, 0) is 36.5 Å². The van der Waals surface area contributed by atoms with Crippen LogP contribution in [0.1, 0.15) is 49.9 Å². The zero-order valence-corrected chi connectivity index (χ0v) is 17.7. The SMILES string of the molecule is CCC#Cc1nc(N2CCC(C(=O)N3OCC[C@H]3c3cc(F)cc(F)c3)CC2)ncc1F. The summed E-state index contributed by atoms with van der Waals surface area (Å²) < 4.78 is 41.2. The maximum absolute atomic E-state index is 13.9. The van der Waals surface area contributed by atoms with Gasteiger partial charge >= 0.3 is 0 Å². The third-order valence-electron chi connectivity index (χ3n) is 5.63. The molecule has 3 heterocycles. The molecule has 0 spiro atoms. The van der Waals surface area contributed by atoms with Gasteiger partial charge in [-0.15, -0.1) is 0 Å². The predicted molar refractivity (Wildman–Crippen MR) is 111 cm³/mol. The lowest BCUT2D eigenvalue weighted by molar-refractivity contribution is -0.182. The second kappa shape index (κ2) is 9.57. The Morgan fingerprint density at radius 3 is 2.56 bits per heavy atom. The second-order valence-corrected chi connectivity index (χ2v) is 7.79. The highest BCUT2D eigenvalue weighted by atomic mass is 19.1. The first-order chi connectivity index (χ1) is 15.5. The van der Waals surface area contributed by atoms with E-state index in [1.807, 2.05) is 11.8 Å². The minimum Gasteiger partial charge on any atom is -0.341 e. The van der Waals surface area contributed by atoms with Crippen molar-refractivity contribution in [2.24, 2.45) is 5.92 Å². The molecule has 4 rings (SSSR count). The summed E-state index contributed by atoms with van der Waals surface area (Å²) in [5, 5.41) is 1.27. The number of benzene rings is 1. The van der Waals surface area contributed by atoms with Gasteiger partial charge in [0.05, 0.1) is 18.8 Å². The number of hydrogen-bond donors (Lipinski definition) is 0. The van der Waals surface area contributed by atoms with Crippen LogP contribution in [0.15, 0.2) is 24.4 Å². The predicted octanol–water partition coefficient (Wildman–Crippen LogP) is 3.78. The normalized spacial score (nSPS) is 19.1. The number of aromatic nitrogens is 2. The van der Waals surface area contributed by atoms with Crippen LogP contribution >= 0.6 is 0 Å². The first kappa shape index (κ1) is 22.1. The van der Waals surface area contributed by atoms with Gasteiger partial charge in [0.1, 0.15) is 11.6 Å². The van der Waals surface area contributed by atoms with Gasteiger partial charge in [0.25, 0.3) is 0 Å². The number of nitrogens with zero attached hydrogens (tertiary/aromatic N) is 4. The molecule has 1 aromatic carbocycles. The molecule has 1 atom stereocenters. The molecular formula is C23H23F3N4O2. The molecule has 2 aliphatic heterocycles. The summed E-state index contributed by atoms with van der Waals surface area (Å²) in [7, 11) is 0. The van der Waals surface area contributed by atoms with Gasteiger partial charge in [-0.25, -0.2) is 28.2 Å². The highest BCUT2D eigenvalue weighted by molar-refractivity contribution is 5.79. The van der Waals surface area contributed by atoms with Crippen molar-refractivity contribution >= 4 is 11.9 Å². The number of halogens is 3. The number of anilines is 1. The van der Waals surface area contributed by atoms with Gasteiger partial charge in [0, 0.05) is 37.9 Å². The van der Waals surface area contributed by atoms with E-state index in [0.29, 0.717) is 56.9 Å². The molecule has 1 amide bonds. The number of amides is 1. The monoisotopic (exact) mass is 444 g/mol. The molecule has 9 heteroatoms. The van der Waals surface area contributed by atoms with Crippen LogP contribution in [0.3, 0.4) is 0 Å². The first-order valence-corrected chi connectivity index (χ1v) is 10.6. The fraction of sp³-hybridized carbons (Fsp3) is 0.435. The lowest BCUT2D eigenvalue weighted by Gasteiger charge is -2.34. The van der Waals surface area contributed by atoms with Crippen LogP contribution in [0.4, 0.5) is 19.1 Å². The van der Waals surface area contributed by atoms with E-state index in [1.54, 1.807) is 0 Å². The highest BCUT2D eigenvalue weighted by Gasteiger charge is 2.37. The second-order valence-electron chi connectivity index (χ2n) is 7.79. The van der Waals surface area contributed by atoms with E-state index in [4.69, 9.17) is 4.84 Å². The Kier molecular flexibility index (Phi) is 6.61. The maximum Gasteiger partial charge on any atom is 0.249 e. The largest absolute Gasteiger partial charge is 0.341 e. The Bertz CT molecular complexity index is 1040. The van der Waals surface area contributed by atoms with E-state index in [9.17, 15) is 18.0 Å². The molecule has 2 fully saturated rings. The molecule has 168 valence electrons. The highest BCUT2D eigenvalue weighted by Crippen LogP contribution is 2.34. The van der Waals surface area contributed by atoms with Crippen molar-refractivity contribution in [3.05, 3.63) is 53.1 Å². The van der Waals surface area contributed by atoms with Gasteiger partial charge in [-0.3, -0.25) is 9.63 Å². The maximum atomic E-state index is 13.9. The van der Waals surface area contributed by atoms with Gasteiger partial charge in [-0.2, -0.15) is 0 Å². The summed E-state index contributed by atoms with van der Waals surface area (Å²) in [4.78, 5) is 28.8. The van der Waals surface area contributed by atoms with Crippen LogP contribution in [0.5, 0.6) is 0 Å². The smallest absolute Gasteiger partial charge is 0.249 e. The fourth-order valence-electron chi connectivity index (χ4n) is 4.03. The number of carbonyl (C=O) groups is 1. The average molecular weight is 444 g/mol. The van der Waals surface area contributed by atoms with Crippen LogP contribution in [0.25, 0.3) is 0 Å². The third-order valence-corrected chi connectivity index (χ3v) is 5.63. The van der Waals surface area contributed by atoms with Crippen molar-refractivity contribution in [2.75, 3.05) is 24.6 Å². The molecule has 0 bridgehead atoms. The fourth-order valence-corrected chi connectivity index (χ4v) is 4.03. The number of carbonyl (C=O) groups excluding carboxylic acids is 1. The van der Waals surface area contributed by atoms with Crippen molar-refractivity contribution in [1.82, 2.24) is 15.0 Å². The molecule has 0 unspecified atom stereocenters. The topological polar surface area (TPSA) is 58.6 Å². The van der Waals surface area contributed by atoms with E-state index in [0.717, 1.165) is 12.3 Å². The quantitative estimate of drug-likeness (QED) is 0.675. The average Bonchev–Trinajstić information content (AvgIpc) is 3.27. The molecule has 0 saturated carbocycles. The van der Waals surface area contributed by atoms with E-state index >= 15 is 0 Å². The molecule has 0 N–H and O–H groups in total. The number of hydroxylamine groups is 2. The van der Waals surface area contributed by atoms with Crippen LogP contribution < -0.4 is 4.90 Å². The van der Waals surface area contributed by atoms with Crippen LogP contribution in [-0.2, 0) is 9.63 Å². The molecule has 6 nitrogen and oxygen atoms in total. The number of hydrogen-bond acceptors (Lipinski definition) is 5. The Morgan fingerprint density at radius 2 is 1.88 bits per heavy atom. The van der Waals surface area contributed by atoms with Crippen LogP contribution in [-0.4, -0.2) is 40.6 Å². The number of rotatable bonds is 3. The molecule has 2 saturated heterocycles. The summed E-state index contributed by atoms with van der Waals surface area (Å²) >= 11 is 0. The Labute approximate surface area is 184 Å². The Morgan fingerprint density at radius 1 is 1.16 bits per heavy atom. The van der Waals surface area contributed by atoms with Crippen molar-refractivity contribution in [2.45, 2.75) is 38.6 Å². The molecule has 2 aliphatic rings.